The van der Waals surface area contributed by atoms with E-state index < -0.39 is 15.9 Å². The average Bonchev–Trinajstić information content (AvgIpc) is 2.95. The second-order valence-corrected chi connectivity index (χ2v) is 7.26. The predicted molar refractivity (Wildman–Crippen MR) is 89.5 cm³/mol. The number of carbonyl (C=O) groups excluding carboxylic acids is 1. The largest absolute Gasteiger partial charge is 0.497 e. The van der Waals surface area contributed by atoms with E-state index in [1.807, 2.05) is 18.6 Å². The van der Waals surface area contributed by atoms with Crippen molar-refractivity contribution >= 4 is 15.9 Å². The summed E-state index contributed by atoms with van der Waals surface area (Å²) in [6.45, 7) is 5.20. The lowest BCUT2D eigenvalue weighted by Gasteiger charge is -2.12. The first-order valence-corrected chi connectivity index (χ1v) is 8.95. The van der Waals surface area contributed by atoms with Crippen LogP contribution in [0.25, 0.3) is 0 Å². The van der Waals surface area contributed by atoms with Crippen LogP contribution in [-0.4, -0.2) is 33.7 Å². The van der Waals surface area contributed by atoms with E-state index in [1.165, 1.54) is 26.4 Å². The van der Waals surface area contributed by atoms with E-state index in [9.17, 15) is 13.2 Å². The fourth-order valence-electron chi connectivity index (χ4n) is 2.28. The van der Waals surface area contributed by atoms with Gasteiger partial charge in [0.2, 0.25) is 0 Å². The number of methoxy groups -OCH3 is 2. The Hall–Kier alpha value is -2.55. The summed E-state index contributed by atoms with van der Waals surface area (Å²) in [5.41, 5.74) is 0.425. The molecule has 1 heterocycles. The highest BCUT2D eigenvalue weighted by Gasteiger charge is 2.28. The summed E-state index contributed by atoms with van der Waals surface area (Å²) in [7, 11) is -1.45. The lowest BCUT2D eigenvalue weighted by Crippen LogP contribution is -2.31. The lowest BCUT2D eigenvalue weighted by molar-refractivity contribution is 0.0978. The average molecular weight is 368 g/mol. The van der Waals surface area contributed by atoms with E-state index in [4.69, 9.17) is 14.0 Å². The number of hydrogen-bond donors (Lipinski definition) is 1. The molecule has 0 unspecified atom stereocenters. The minimum Gasteiger partial charge on any atom is -0.497 e. The fourth-order valence-corrected chi connectivity index (χ4v) is 3.42. The molecule has 1 aromatic heterocycles. The summed E-state index contributed by atoms with van der Waals surface area (Å²) in [5, 5.41) is 3.75. The summed E-state index contributed by atoms with van der Waals surface area (Å²) in [6.07, 6.45) is 0. The van der Waals surface area contributed by atoms with Gasteiger partial charge in [-0.05, 0) is 19.1 Å². The molecule has 0 aliphatic rings. The highest BCUT2D eigenvalue weighted by Crippen LogP contribution is 2.29. The van der Waals surface area contributed by atoms with Gasteiger partial charge in [0.15, 0.2) is 5.76 Å². The number of hydrogen-bond acceptors (Lipinski definition) is 7. The molecule has 136 valence electrons. The van der Waals surface area contributed by atoms with Crippen molar-refractivity contribution in [3.05, 3.63) is 35.2 Å². The van der Waals surface area contributed by atoms with Crippen LogP contribution in [0.15, 0.2) is 27.6 Å². The molecule has 0 spiro atoms. The summed E-state index contributed by atoms with van der Waals surface area (Å²) in [6, 6.07) is 4.28. The molecule has 8 nitrogen and oxygen atoms in total. The smallest absolute Gasteiger partial charge is 0.270 e. The van der Waals surface area contributed by atoms with Crippen LogP contribution >= 0.6 is 0 Å². The molecule has 0 saturated carbocycles. The van der Waals surface area contributed by atoms with Gasteiger partial charge in [0.25, 0.3) is 15.9 Å². The zero-order valence-electron chi connectivity index (χ0n) is 14.6. The first-order chi connectivity index (χ1) is 11.7. The maximum absolute atomic E-state index is 12.7. The number of nitrogens with zero attached hydrogens (tertiary/aromatic N) is 1. The number of sulfonamides is 1. The van der Waals surface area contributed by atoms with Crippen molar-refractivity contribution in [1.29, 1.82) is 0 Å². The maximum atomic E-state index is 12.7. The fraction of sp³-hybridized carbons (Fsp3) is 0.375. The highest BCUT2D eigenvalue weighted by molar-refractivity contribution is 7.90. The van der Waals surface area contributed by atoms with Crippen LogP contribution in [0.1, 0.15) is 41.6 Å². The second kappa shape index (κ2) is 7.14. The Morgan fingerprint density at radius 3 is 2.48 bits per heavy atom. The standard InChI is InChI=1S/C16H20N2O6S/c1-9(2)15-14(10(3)17-24-15)16(19)18-25(20,21)13-8-11(22-4)6-7-12(13)23-5/h6-9H,1-5H3,(H,18,19). The number of aromatic nitrogens is 1. The normalized spacial score (nSPS) is 11.4. The number of benzene rings is 1. The molecule has 2 rings (SSSR count). The Morgan fingerprint density at radius 2 is 1.92 bits per heavy atom. The van der Waals surface area contributed by atoms with Gasteiger partial charge in [-0.15, -0.1) is 0 Å². The van der Waals surface area contributed by atoms with Crippen molar-refractivity contribution in [3.8, 4) is 11.5 Å². The molecule has 0 fully saturated rings. The van der Waals surface area contributed by atoms with E-state index in [0.717, 1.165) is 0 Å². The Balaban J connectivity index is 2.43. The molecule has 2 aromatic rings. The van der Waals surface area contributed by atoms with Gasteiger partial charge in [-0.25, -0.2) is 13.1 Å². The van der Waals surface area contributed by atoms with Gasteiger partial charge in [-0.2, -0.15) is 0 Å². The molecular formula is C16H20N2O6S. The van der Waals surface area contributed by atoms with Gasteiger partial charge in [0.1, 0.15) is 22.0 Å². The van der Waals surface area contributed by atoms with E-state index >= 15 is 0 Å². The van der Waals surface area contributed by atoms with Crippen molar-refractivity contribution in [1.82, 2.24) is 9.88 Å². The minimum absolute atomic E-state index is 0.0900. The van der Waals surface area contributed by atoms with E-state index in [2.05, 4.69) is 5.16 Å². The molecule has 0 radical (unpaired) electrons. The molecular weight excluding hydrogens is 348 g/mol. The number of nitrogens with one attached hydrogen (secondary N) is 1. The van der Waals surface area contributed by atoms with E-state index in [-0.39, 0.29) is 22.1 Å². The van der Waals surface area contributed by atoms with E-state index in [1.54, 1.807) is 13.0 Å². The molecule has 0 aliphatic carbocycles. The van der Waals surface area contributed by atoms with Crippen LogP contribution in [-0.2, 0) is 10.0 Å². The van der Waals surface area contributed by atoms with Gasteiger partial charge in [0.05, 0.1) is 19.9 Å². The summed E-state index contributed by atoms with van der Waals surface area (Å²) in [5.74, 6) is -0.212. The predicted octanol–water partition coefficient (Wildman–Crippen LogP) is 2.24. The second-order valence-electron chi connectivity index (χ2n) is 5.61. The third kappa shape index (κ3) is 3.76. The number of amides is 1. The molecule has 9 heteroatoms. The Labute approximate surface area is 146 Å². The molecule has 0 saturated heterocycles. The van der Waals surface area contributed by atoms with E-state index in [0.29, 0.717) is 17.2 Å². The molecule has 25 heavy (non-hydrogen) atoms. The molecule has 1 aromatic carbocycles. The van der Waals surface area contributed by atoms with Gasteiger partial charge >= 0.3 is 0 Å². The van der Waals surface area contributed by atoms with Gasteiger partial charge in [0, 0.05) is 12.0 Å². The van der Waals surface area contributed by atoms with Crippen LogP contribution < -0.4 is 14.2 Å². The van der Waals surface area contributed by atoms with Gasteiger partial charge in [-0.1, -0.05) is 19.0 Å². The van der Waals surface area contributed by atoms with Crippen molar-refractivity contribution < 1.29 is 27.2 Å². The Morgan fingerprint density at radius 1 is 1.24 bits per heavy atom. The number of ether oxygens (including phenoxy) is 2. The van der Waals surface area contributed by atoms with Crippen LogP contribution in [0.5, 0.6) is 11.5 Å². The van der Waals surface area contributed by atoms with Crippen LogP contribution in [0, 0.1) is 6.92 Å². The van der Waals surface area contributed by atoms with Gasteiger partial charge < -0.3 is 14.0 Å². The van der Waals surface area contributed by atoms with Crippen molar-refractivity contribution in [2.24, 2.45) is 0 Å². The van der Waals surface area contributed by atoms with Crippen LogP contribution in [0.3, 0.4) is 0 Å². The van der Waals surface area contributed by atoms with Crippen molar-refractivity contribution in [3.63, 3.8) is 0 Å². The highest BCUT2D eigenvalue weighted by atomic mass is 32.2. The molecule has 0 aliphatic heterocycles. The third-order valence-electron chi connectivity index (χ3n) is 3.53. The number of rotatable bonds is 6. The zero-order chi connectivity index (χ0) is 18.8. The first kappa shape index (κ1) is 18.8. The Bertz CT molecular complexity index is 886. The van der Waals surface area contributed by atoms with Gasteiger partial charge in [-0.3, -0.25) is 4.79 Å². The first-order valence-electron chi connectivity index (χ1n) is 7.46. The van der Waals surface area contributed by atoms with Crippen LogP contribution in [0.4, 0.5) is 0 Å². The SMILES string of the molecule is COc1ccc(OC)c(S(=O)(=O)NC(=O)c2c(C)noc2C(C)C)c1. The van der Waals surface area contributed by atoms with Crippen LogP contribution in [0.2, 0.25) is 0 Å². The van der Waals surface area contributed by atoms with Crippen molar-refractivity contribution in [2.75, 3.05) is 14.2 Å². The molecule has 1 N–H and O–H groups in total. The minimum atomic E-state index is -4.19. The van der Waals surface area contributed by atoms with Crippen molar-refractivity contribution in [2.45, 2.75) is 31.6 Å². The summed E-state index contributed by atoms with van der Waals surface area (Å²) in [4.78, 5) is 12.3. The zero-order valence-corrected chi connectivity index (χ0v) is 15.4. The summed E-state index contributed by atoms with van der Waals surface area (Å²) < 4.78 is 42.6. The molecule has 0 bridgehead atoms. The topological polar surface area (TPSA) is 108 Å². The summed E-state index contributed by atoms with van der Waals surface area (Å²) >= 11 is 0. The maximum Gasteiger partial charge on any atom is 0.270 e. The quantitative estimate of drug-likeness (QED) is 0.833. The number of carbonyl (C=O) groups is 1. The monoisotopic (exact) mass is 368 g/mol. The number of aryl methyl sites for hydroxylation is 1. The lowest BCUT2D eigenvalue weighted by atomic mass is 10.1. The molecule has 1 amide bonds. The third-order valence-corrected chi connectivity index (χ3v) is 4.88. The Kier molecular flexibility index (Phi) is 5.36. The molecule has 0 atom stereocenters.